The molecular formula is C14H19NO5S. The van der Waals surface area contributed by atoms with Gasteiger partial charge in [-0.3, -0.25) is 0 Å². The molecule has 0 bridgehead atoms. The number of aliphatic hydroxyl groups excluding tert-OH is 1. The molecule has 0 radical (unpaired) electrons. The van der Waals surface area contributed by atoms with Crippen molar-refractivity contribution in [2.24, 2.45) is 5.92 Å². The van der Waals surface area contributed by atoms with E-state index in [1.54, 1.807) is 0 Å². The van der Waals surface area contributed by atoms with Gasteiger partial charge < -0.3 is 10.2 Å². The van der Waals surface area contributed by atoms with E-state index in [4.69, 9.17) is 10.2 Å². The number of nitrogens with zero attached hydrogens (tertiary/aromatic N) is 1. The number of hydrogen-bond acceptors (Lipinski definition) is 4. The zero-order valence-electron chi connectivity index (χ0n) is 11.6. The van der Waals surface area contributed by atoms with Gasteiger partial charge in [0, 0.05) is 19.7 Å². The summed E-state index contributed by atoms with van der Waals surface area (Å²) < 4.78 is 26.5. The summed E-state index contributed by atoms with van der Waals surface area (Å²) in [5, 5.41) is 17.8. The van der Waals surface area contributed by atoms with Crippen LogP contribution in [-0.4, -0.2) is 48.6 Å². The van der Waals surface area contributed by atoms with Crippen molar-refractivity contribution in [2.45, 2.75) is 24.2 Å². The van der Waals surface area contributed by atoms with Crippen LogP contribution >= 0.6 is 0 Å². The van der Waals surface area contributed by atoms with Gasteiger partial charge in [-0.05, 0) is 49.4 Å². The topological polar surface area (TPSA) is 94.9 Å². The predicted octanol–water partition coefficient (Wildman–Crippen LogP) is 1.17. The van der Waals surface area contributed by atoms with Gasteiger partial charge in [0.15, 0.2) is 0 Å². The second-order valence-electron chi connectivity index (χ2n) is 5.21. The molecule has 1 atom stereocenters. The van der Waals surface area contributed by atoms with Crippen LogP contribution in [0.3, 0.4) is 0 Å². The summed E-state index contributed by atoms with van der Waals surface area (Å²) >= 11 is 0. The van der Waals surface area contributed by atoms with Crippen LogP contribution in [0.25, 0.3) is 0 Å². The highest BCUT2D eigenvalue weighted by Crippen LogP contribution is 2.25. The van der Waals surface area contributed by atoms with Gasteiger partial charge in [0.25, 0.3) is 0 Å². The minimum Gasteiger partial charge on any atom is -0.478 e. The van der Waals surface area contributed by atoms with Crippen molar-refractivity contribution >= 4 is 16.0 Å². The molecule has 0 spiro atoms. The van der Waals surface area contributed by atoms with Crippen LogP contribution in [0.15, 0.2) is 29.2 Å². The fourth-order valence-electron chi connectivity index (χ4n) is 2.58. The number of carbonyl (C=O) groups is 1. The summed E-state index contributed by atoms with van der Waals surface area (Å²) in [6.07, 6.45) is 2.30. The number of piperidine rings is 1. The first-order chi connectivity index (χ1) is 9.95. The highest BCUT2D eigenvalue weighted by Gasteiger charge is 2.30. The standard InChI is InChI=1S/C14H19NO5S/c16-9-7-11-2-1-8-15(10-11)21(19,20)13-5-3-12(4-6-13)14(17)18/h3-6,11,16H,1-2,7-10H2,(H,17,18). The Labute approximate surface area is 124 Å². The van der Waals surface area contributed by atoms with Gasteiger partial charge >= 0.3 is 5.97 Å². The molecule has 116 valence electrons. The van der Waals surface area contributed by atoms with Crippen LogP contribution < -0.4 is 0 Å². The quantitative estimate of drug-likeness (QED) is 0.851. The maximum Gasteiger partial charge on any atom is 0.335 e. The lowest BCUT2D eigenvalue weighted by Gasteiger charge is -2.31. The summed E-state index contributed by atoms with van der Waals surface area (Å²) in [7, 11) is -3.60. The van der Waals surface area contributed by atoms with Gasteiger partial charge in [0.05, 0.1) is 10.5 Å². The fraction of sp³-hybridized carbons (Fsp3) is 0.500. The molecule has 2 rings (SSSR count). The molecule has 1 unspecified atom stereocenters. The Morgan fingerprint density at radius 2 is 1.95 bits per heavy atom. The molecule has 1 aliphatic heterocycles. The van der Waals surface area contributed by atoms with Crippen molar-refractivity contribution in [3.8, 4) is 0 Å². The monoisotopic (exact) mass is 313 g/mol. The Bertz CT molecular complexity index is 594. The smallest absolute Gasteiger partial charge is 0.335 e. The molecule has 1 heterocycles. The number of carboxylic acid groups (broad SMARTS) is 1. The molecule has 1 fully saturated rings. The van der Waals surface area contributed by atoms with E-state index in [9.17, 15) is 13.2 Å². The second-order valence-corrected chi connectivity index (χ2v) is 7.15. The van der Waals surface area contributed by atoms with E-state index in [-0.39, 0.29) is 23.0 Å². The zero-order chi connectivity index (χ0) is 15.5. The highest BCUT2D eigenvalue weighted by molar-refractivity contribution is 7.89. The van der Waals surface area contributed by atoms with Crippen LogP contribution in [-0.2, 0) is 10.0 Å². The number of sulfonamides is 1. The molecule has 2 N–H and O–H groups in total. The minimum atomic E-state index is -3.60. The maximum atomic E-state index is 12.5. The van der Waals surface area contributed by atoms with Gasteiger partial charge in [0.1, 0.15) is 0 Å². The molecule has 7 heteroatoms. The van der Waals surface area contributed by atoms with E-state index in [0.29, 0.717) is 19.5 Å². The first-order valence-electron chi connectivity index (χ1n) is 6.89. The lowest BCUT2D eigenvalue weighted by Crippen LogP contribution is -2.40. The molecule has 1 aromatic carbocycles. The largest absolute Gasteiger partial charge is 0.478 e. The number of aliphatic hydroxyl groups is 1. The van der Waals surface area contributed by atoms with Gasteiger partial charge in [-0.2, -0.15) is 4.31 Å². The fourth-order valence-corrected chi connectivity index (χ4v) is 4.14. The summed E-state index contributed by atoms with van der Waals surface area (Å²) in [5.41, 5.74) is 0.0609. The third kappa shape index (κ3) is 3.61. The highest BCUT2D eigenvalue weighted by atomic mass is 32.2. The summed E-state index contributed by atoms with van der Waals surface area (Å²) in [6, 6.07) is 5.25. The van der Waals surface area contributed by atoms with Crippen molar-refractivity contribution in [1.82, 2.24) is 4.31 Å². The average Bonchev–Trinajstić information content (AvgIpc) is 2.48. The summed E-state index contributed by atoms with van der Waals surface area (Å²) in [6.45, 7) is 0.931. The molecule has 1 saturated heterocycles. The number of hydrogen-bond donors (Lipinski definition) is 2. The van der Waals surface area contributed by atoms with E-state index >= 15 is 0 Å². The Hall–Kier alpha value is -1.44. The normalized spacial score (nSPS) is 20.3. The van der Waals surface area contributed by atoms with Crippen molar-refractivity contribution in [1.29, 1.82) is 0 Å². The number of aromatic carboxylic acids is 1. The van der Waals surface area contributed by atoms with Gasteiger partial charge in [0.2, 0.25) is 10.0 Å². The van der Waals surface area contributed by atoms with Crippen LogP contribution in [0.2, 0.25) is 0 Å². The van der Waals surface area contributed by atoms with E-state index in [0.717, 1.165) is 12.8 Å². The van der Waals surface area contributed by atoms with Crippen molar-refractivity contribution in [2.75, 3.05) is 19.7 Å². The van der Waals surface area contributed by atoms with Gasteiger partial charge in [-0.15, -0.1) is 0 Å². The van der Waals surface area contributed by atoms with Crippen molar-refractivity contribution < 1.29 is 23.4 Å². The molecule has 0 amide bonds. The Balaban J connectivity index is 2.18. The third-order valence-corrected chi connectivity index (χ3v) is 5.64. The minimum absolute atomic E-state index is 0.0609. The molecule has 0 aromatic heterocycles. The van der Waals surface area contributed by atoms with Crippen molar-refractivity contribution in [3.63, 3.8) is 0 Å². The summed E-state index contributed by atoms with van der Waals surface area (Å²) in [5.74, 6) is -0.906. The lowest BCUT2D eigenvalue weighted by atomic mass is 9.97. The third-order valence-electron chi connectivity index (χ3n) is 3.76. The maximum absolute atomic E-state index is 12.5. The van der Waals surface area contributed by atoms with E-state index in [1.165, 1.54) is 28.6 Å². The lowest BCUT2D eigenvalue weighted by molar-refractivity contribution is 0.0696. The molecule has 0 aliphatic carbocycles. The molecule has 21 heavy (non-hydrogen) atoms. The van der Waals surface area contributed by atoms with Crippen LogP contribution in [0, 0.1) is 5.92 Å². The van der Waals surface area contributed by atoms with Crippen LogP contribution in [0.1, 0.15) is 29.6 Å². The second kappa shape index (κ2) is 6.55. The van der Waals surface area contributed by atoms with E-state index in [2.05, 4.69) is 0 Å². The van der Waals surface area contributed by atoms with E-state index < -0.39 is 16.0 Å². The number of rotatable bonds is 5. The number of benzene rings is 1. The van der Waals surface area contributed by atoms with Crippen LogP contribution in [0.4, 0.5) is 0 Å². The van der Waals surface area contributed by atoms with Crippen molar-refractivity contribution in [3.05, 3.63) is 29.8 Å². The Kier molecular flexibility index (Phi) is 4.97. The first kappa shape index (κ1) is 15.9. The first-order valence-corrected chi connectivity index (χ1v) is 8.33. The molecule has 1 aromatic rings. The predicted molar refractivity (Wildman–Crippen MR) is 76.6 cm³/mol. The average molecular weight is 313 g/mol. The molecular weight excluding hydrogens is 294 g/mol. The number of carboxylic acids is 1. The molecule has 6 nitrogen and oxygen atoms in total. The van der Waals surface area contributed by atoms with Crippen LogP contribution in [0.5, 0.6) is 0 Å². The Morgan fingerprint density at radius 1 is 1.29 bits per heavy atom. The molecule has 1 aliphatic rings. The van der Waals surface area contributed by atoms with Gasteiger partial charge in [-0.1, -0.05) is 0 Å². The molecule has 0 saturated carbocycles. The van der Waals surface area contributed by atoms with Gasteiger partial charge in [-0.25, -0.2) is 13.2 Å². The SMILES string of the molecule is O=C(O)c1ccc(S(=O)(=O)N2CCCC(CCO)C2)cc1. The van der Waals surface area contributed by atoms with E-state index in [1.807, 2.05) is 0 Å². The Morgan fingerprint density at radius 3 is 2.52 bits per heavy atom. The zero-order valence-corrected chi connectivity index (χ0v) is 12.4. The summed E-state index contributed by atoms with van der Waals surface area (Å²) in [4.78, 5) is 10.9.